The highest BCUT2D eigenvalue weighted by Gasteiger charge is 2.33. The molecule has 4 aromatic heterocycles. The maximum absolute atomic E-state index is 13.8. The summed E-state index contributed by atoms with van der Waals surface area (Å²) < 4.78 is 44.1. The number of fused-ring (bicyclic) bond motifs is 2. The number of anilines is 2. The van der Waals surface area contributed by atoms with Crippen molar-refractivity contribution in [2.24, 2.45) is 0 Å². The molecule has 0 saturated heterocycles. The summed E-state index contributed by atoms with van der Waals surface area (Å²) in [5, 5.41) is 22.7. The third kappa shape index (κ3) is 10.5. The van der Waals surface area contributed by atoms with Gasteiger partial charge in [-0.2, -0.15) is 10.2 Å². The summed E-state index contributed by atoms with van der Waals surface area (Å²) in [7, 11) is 6.56. The number of methoxy groups -OCH3 is 2. The predicted octanol–water partition coefficient (Wildman–Crippen LogP) is 2.03. The van der Waals surface area contributed by atoms with Crippen LogP contribution in [-0.4, -0.2) is 126 Å². The largest absolute Gasteiger partial charge is 0.384 e. The van der Waals surface area contributed by atoms with E-state index in [1.807, 2.05) is 12.1 Å². The molecule has 22 heteroatoms. The Balaban J connectivity index is 0.000000191. The third-order valence-corrected chi connectivity index (χ3v) is 10.6. The van der Waals surface area contributed by atoms with Crippen molar-refractivity contribution in [3.05, 3.63) is 119 Å². The van der Waals surface area contributed by atoms with Crippen molar-refractivity contribution in [3.8, 4) is 0 Å². The maximum atomic E-state index is 13.8. The summed E-state index contributed by atoms with van der Waals surface area (Å²) in [6, 6.07) is 14.9. The lowest BCUT2D eigenvalue weighted by Gasteiger charge is -2.19. The summed E-state index contributed by atoms with van der Waals surface area (Å²) in [4.78, 5) is 62.2. The fraction of sp³-hybridized carbons (Fsp3) is 0.381. The van der Waals surface area contributed by atoms with Gasteiger partial charge in [-0.3, -0.25) is 29.0 Å². The van der Waals surface area contributed by atoms with E-state index < -0.39 is 23.9 Å². The molecule has 64 heavy (non-hydrogen) atoms. The van der Waals surface area contributed by atoms with Crippen LogP contribution in [0.15, 0.2) is 73.3 Å². The van der Waals surface area contributed by atoms with E-state index in [1.54, 1.807) is 74.1 Å². The van der Waals surface area contributed by atoms with Gasteiger partial charge in [0.15, 0.2) is 0 Å². The number of benzene rings is 2. The molecular weight excluding hydrogens is 835 g/mol. The fourth-order valence-electron chi connectivity index (χ4n) is 7.15. The van der Waals surface area contributed by atoms with Crippen molar-refractivity contribution in [1.29, 1.82) is 0 Å². The number of hydrogen-bond acceptors (Lipinski definition) is 12. The minimum atomic E-state index is -0.741. The SMILES string of the molecule is COCCc1cc2n(n1)CC[C@@H](NC(=O)c1ncn(Cc3ccccc3F)n1)C(=O)N2C.COCCc1cc2n(n1)CC[C@H](NC(=O)c1ncn(Cc3ccccc3F)n1)C(=O)N2C. The molecule has 0 unspecified atom stereocenters. The molecule has 0 fully saturated rings. The number of amides is 4. The van der Waals surface area contributed by atoms with Crippen molar-refractivity contribution in [2.75, 3.05) is 51.3 Å². The van der Waals surface area contributed by atoms with Crippen LogP contribution in [0.4, 0.5) is 20.4 Å². The average molecular weight is 883 g/mol. The molecule has 0 radical (unpaired) electrons. The van der Waals surface area contributed by atoms with Crippen molar-refractivity contribution >= 4 is 35.3 Å². The van der Waals surface area contributed by atoms with Gasteiger partial charge in [-0.25, -0.2) is 37.5 Å². The zero-order chi connectivity index (χ0) is 45.3. The molecule has 0 bridgehead atoms. The van der Waals surface area contributed by atoms with Crippen molar-refractivity contribution in [3.63, 3.8) is 0 Å². The summed E-state index contributed by atoms with van der Waals surface area (Å²) >= 11 is 0. The van der Waals surface area contributed by atoms with E-state index in [-0.39, 0.29) is 48.2 Å². The fourth-order valence-corrected chi connectivity index (χ4v) is 7.15. The van der Waals surface area contributed by atoms with Crippen LogP contribution in [0.3, 0.4) is 0 Å². The smallest absolute Gasteiger partial charge is 0.291 e. The Morgan fingerprint density at radius 3 is 1.45 bits per heavy atom. The van der Waals surface area contributed by atoms with Gasteiger partial charge in [0.25, 0.3) is 23.6 Å². The van der Waals surface area contributed by atoms with E-state index in [0.717, 1.165) is 11.4 Å². The maximum Gasteiger partial charge on any atom is 0.291 e. The van der Waals surface area contributed by atoms with E-state index in [1.165, 1.54) is 44.0 Å². The molecule has 336 valence electrons. The molecule has 2 aliphatic rings. The number of ether oxygens (including phenoxy) is 2. The summed E-state index contributed by atoms with van der Waals surface area (Å²) in [6.45, 7) is 2.32. The zero-order valence-electron chi connectivity index (χ0n) is 35.7. The number of nitrogens with one attached hydrogen (secondary N) is 2. The first kappa shape index (κ1) is 44.8. The number of hydrogen-bond donors (Lipinski definition) is 2. The topological polar surface area (TPSA) is 214 Å². The Hall–Kier alpha value is -7.20. The van der Waals surface area contributed by atoms with E-state index in [4.69, 9.17) is 9.47 Å². The molecule has 2 aliphatic heterocycles. The first-order valence-electron chi connectivity index (χ1n) is 20.5. The Morgan fingerprint density at radius 2 is 1.06 bits per heavy atom. The van der Waals surface area contributed by atoms with Crippen molar-refractivity contribution < 1.29 is 37.4 Å². The second kappa shape index (κ2) is 20.3. The van der Waals surface area contributed by atoms with Gasteiger partial charge in [-0.1, -0.05) is 36.4 Å². The van der Waals surface area contributed by atoms with Crippen LogP contribution in [0.25, 0.3) is 0 Å². The quantitative estimate of drug-likeness (QED) is 0.161. The number of aromatic nitrogens is 10. The number of halogens is 2. The lowest BCUT2D eigenvalue weighted by atomic mass is 10.2. The molecular formula is C42H48F2N14O6. The summed E-state index contributed by atoms with van der Waals surface area (Å²) in [5.74, 6) is -1.17. The Bertz CT molecular complexity index is 2430. The predicted molar refractivity (Wildman–Crippen MR) is 225 cm³/mol. The highest BCUT2D eigenvalue weighted by atomic mass is 19.1. The first-order valence-corrected chi connectivity index (χ1v) is 20.5. The zero-order valence-corrected chi connectivity index (χ0v) is 35.7. The molecule has 4 amide bonds. The van der Waals surface area contributed by atoms with Gasteiger partial charge in [0.2, 0.25) is 11.6 Å². The number of nitrogens with zero attached hydrogens (tertiary/aromatic N) is 12. The Labute approximate surface area is 366 Å². The standard InChI is InChI=1S/2C21H24FN7O3/c2*1-27-18-11-15(8-10-32-2)25-29(18)9-7-17(21(27)31)24-20(30)19-23-13-28(26-19)12-14-5-3-4-6-16(14)22/h2*3-6,11,13,17H,7-10,12H2,1-2H3,(H,24,30)/t2*17-/m10/s1. The van der Waals surface area contributed by atoms with Crippen LogP contribution in [0.2, 0.25) is 0 Å². The second-order valence-electron chi connectivity index (χ2n) is 15.1. The van der Waals surface area contributed by atoms with Crippen molar-refractivity contribution in [1.82, 2.24) is 59.7 Å². The second-order valence-corrected chi connectivity index (χ2v) is 15.1. The minimum absolute atomic E-state index is 0.0828. The van der Waals surface area contributed by atoms with E-state index in [9.17, 15) is 28.0 Å². The van der Waals surface area contributed by atoms with E-state index >= 15 is 0 Å². The molecule has 0 aliphatic carbocycles. The van der Waals surface area contributed by atoms with E-state index in [2.05, 4.69) is 41.0 Å². The monoisotopic (exact) mass is 882 g/mol. The molecule has 2 N–H and O–H groups in total. The van der Waals surface area contributed by atoms with Gasteiger partial charge in [-0.15, -0.1) is 10.2 Å². The molecule has 6 aromatic rings. The number of carbonyl (C=O) groups excluding carboxylic acids is 4. The van der Waals surface area contributed by atoms with E-state index in [0.29, 0.717) is 74.7 Å². The highest BCUT2D eigenvalue weighted by molar-refractivity contribution is 6.01. The van der Waals surface area contributed by atoms with Gasteiger partial charge in [0, 0.05) is 77.5 Å². The van der Waals surface area contributed by atoms with Crippen LogP contribution in [0.5, 0.6) is 0 Å². The van der Waals surface area contributed by atoms with Crippen molar-refractivity contribution in [2.45, 2.75) is 63.9 Å². The van der Waals surface area contributed by atoms with Crippen LogP contribution in [0.1, 0.15) is 56.6 Å². The average Bonchev–Trinajstić information content (AvgIpc) is 4.11. The van der Waals surface area contributed by atoms with Gasteiger partial charge in [0.05, 0.1) is 37.7 Å². The number of rotatable bonds is 14. The van der Waals surface area contributed by atoms with Crippen LogP contribution in [0, 0.1) is 11.6 Å². The molecule has 2 atom stereocenters. The molecule has 2 aromatic carbocycles. The van der Waals surface area contributed by atoms with Gasteiger partial charge in [-0.05, 0) is 25.0 Å². The molecule has 0 spiro atoms. The summed E-state index contributed by atoms with van der Waals surface area (Å²) in [5.41, 5.74) is 2.55. The summed E-state index contributed by atoms with van der Waals surface area (Å²) in [6.07, 6.45) is 4.78. The number of aryl methyl sites for hydroxylation is 2. The Kier molecular flexibility index (Phi) is 14.2. The van der Waals surface area contributed by atoms with Crippen LogP contribution < -0.4 is 20.4 Å². The normalized spacial score (nSPS) is 16.0. The molecule has 0 saturated carbocycles. The van der Waals surface area contributed by atoms with Crippen LogP contribution >= 0.6 is 0 Å². The highest BCUT2D eigenvalue weighted by Crippen LogP contribution is 2.23. The molecule has 6 heterocycles. The first-order chi connectivity index (χ1) is 30.9. The lowest BCUT2D eigenvalue weighted by molar-refractivity contribution is -0.120. The van der Waals surface area contributed by atoms with Crippen LogP contribution in [-0.2, 0) is 58.1 Å². The molecule has 8 rings (SSSR count). The van der Waals surface area contributed by atoms with Gasteiger partial charge >= 0.3 is 0 Å². The lowest BCUT2D eigenvalue weighted by Crippen LogP contribution is -2.47. The Morgan fingerprint density at radius 1 is 0.656 bits per heavy atom. The van der Waals surface area contributed by atoms with Gasteiger partial charge < -0.3 is 20.1 Å². The molecule has 20 nitrogen and oxygen atoms in total. The van der Waals surface area contributed by atoms with Gasteiger partial charge in [0.1, 0.15) is 48.0 Å². The number of carbonyl (C=O) groups is 4. The third-order valence-electron chi connectivity index (χ3n) is 10.6. The number of likely N-dealkylation sites (N-methyl/N-ethyl adjacent to an activating group) is 2. The minimum Gasteiger partial charge on any atom is -0.384 e.